The van der Waals surface area contributed by atoms with Crippen molar-refractivity contribution < 1.29 is 22.4 Å². The second kappa shape index (κ2) is 12.5. The molecule has 1 unspecified atom stereocenters. The maximum Gasteiger partial charge on any atom is 0.419 e. The van der Waals surface area contributed by atoms with Crippen molar-refractivity contribution in [3.8, 4) is 0 Å². The van der Waals surface area contributed by atoms with Gasteiger partial charge in [-0.25, -0.2) is 4.39 Å². The van der Waals surface area contributed by atoms with Crippen LogP contribution in [0.2, 0.25) is 0 Å². The van der Waals surface area contributed by atoms with Crippen LogP contribution >= 0.6 is 0 Å². The highest BCUT2D eigenvalue weighted by Crippen LogP contribution is 2.39. The molecule has 236 valence electrons. The zero-order valence-electron chi connectivity index (χ0n) is 25.7. The summed E-state index contributed by atoms with van der Waals surface area (Å²) in [6.45, 7) is 5.57. The van der Waals surface area contributed by atoms with Crippen LogP contribution < -0.4 is 0 Å². The van der Waals surface area contributed by atoms with Crippen LogP contribution in [0.1, 0.15) is 53.9 Å². The second-order valence-corrected chi connectivity index (χ2v) is 12.7. The van der Waals surface area contributed by atoms with Crippen molar-refractivity contribution in [2.75, 3.05) is 33.7 Å². The SMILES string of the molecule is CC1=C(C(=O)Cc2ccc3cnccc3c2)C(c2ccc(C(F)(F)F)c(F)c2)n2nc(CN(C)CC3CCN(C)CC3)cc2C1. The smallest absolute Gasteiger partial charge is 0.306 e. The average molecular weight is 620 g/mol. The minimum Gasteiger partial charge on any atom is -0.306 e. The third-order valence-electron chi connectivity index (χ3n) is 9.11. The van der Waals surface area contributed by atoms with Gasteiger partial charge >= 0.3 is 6.18 Å². The first-order valence-electron chi connectivity index (χ1n) is 15.3. The number of aromatic nitrogens is 3. The molecule has 0 amide bonds. The normalized spacial score (nSPS) is 18.2. The summed E-state index contributed by atoms with van der Waals surface area (Å²) < 4.78 is 57.1. The number of pyridine rings is 1. The van der Waals surface area contributed by atoms with Crippen LogP contribution in [-0.2, 0) is 30.4 Å². The number of alkyl halides is 3. The summed E-state index contributed by atoms with van der Waals surface area (Å²) in [4.78, 5) is 22.8. The molecule has 0 radical (unpaired) electrons. The van der Waals surface area contributed by atoms with E-state index < -0.39 is 23.6 Å². The van der Waals surface area contributed by atoms with Crippen LogP contribution in [0.3, 0.4) is 0 Å². The predicted octanol–water partition coefficient (Wildman–Crippen LogP) is 6.64. The number of piperidine rings is 1. The van der Waals surface area contributed by atoms with Crippen molar-refractivity contribution in [2.24, 2.45) is 5.92 Å². The molecule has 2 aromatic carbocycles. The lowest BCUT2D eigenvalue weighted by molar-refractivity contribution is -0.140. The van der Waals surface area contributed by atoms with E-state index in [-0.39, 0.29) is 17.8 Å². The molecule has 6 rings (SSSR count). The van der Waals surface area contributed by atoms with Gasteiger partial charge in [0.05, 0.1) is 11.3 Å². The monoisotopic (exact) mass is 619 g/mol. The summed E-state index contributed by atoms with van der Waals surface area (Å²) in [5.41, 5.74) is 2.61. The lowest BCUT2D eigenvalue weighted by Crippen LogP contribution is -2.35. The van der Waals surface area contributed by atoms with E-state index in [4.69, 9.17) is 5.10 Å². The molecule has 2 aromatic heterocycles. The number of hydrogen-bond acceptors (Lipinski definition) is 5. The number of allylic oxidation sites excluding steroid dienone is 2. The molecule has 4 heterocycles. The van der Waals surface area contributed by atoms with Gasteiger partial charge in [0.2, 0.25) is 0 Å². The number of ketones is 1. The van der Waals surface area contributed by atoms with Crippen molar-refractivity contribution in [3.05, 3.63) is 106 Å². The van der Waals surface area contributed by atoms with E-state index in [1.54, 1.807) is 17.1 Å². The first-order valence-corrected chi connectivity index (χ1v) is 15.3. The van der Waals surface area contributed by atoms with Crippen LogP contribution in [0.5, 0.6) is 0 Å². The molecular weight excluding hydrogens is 582 g/mol. The van der Waals surface area contributed by atoms with E-state index >= 15 is 0 Å². The molecule has 1 atom stereocenters. The number of rotatable bonds is 8. The number of hydrogen-bond donors (Lipinski definition) is 0. The van der Waals surface area contributed by atoms with Gasteiger partial charge in [-0.05, 0) is 93.6 Å². The quantitative estimate of drug-likeness (QED) is 0.207. The summed E-state index contributed by atoms with van der Waals surface area (Å²) in [6.07, 6.45) is 1.47. The van der Waals surface area contributed by atoms with Crippen LogP contribution in [0, 0.1) is 11.7 Å². The van der Waals surface area contributed by atoms with Crippen molar-refractivity contribution in [1.82, 2.24) is 24.6 Å². The molecule has 0 N–H and O–H groups in total. The highest BCUT2D eigenvalue weighted by atomic mass is 19.4. The van der Waals surface area contributed by atoms with Gasteiger partial charge in [0.1, 0.15) is 11.9 Å². The minimum absolute atomic E-state index is 0.0906. The number of carbonyl (C=O) groups excluding carboxylic acids is 1. The molecule has 2 aliphatic heterocycles. The molecular formula is C35H37F4N5O. The van der Waals surface area contributed by atoms with Gasteiger partial charge in [-0.15, -0.1) is 0 Å². The predicted molar refractivity (Wildman–Crippen MR) is 165 cm³/mol. The first-order chi connectivity index (χ1) is 21.5. The van der Waals surface area contributed by atoms with Crippen molar-refractivity contribution in [2.45, 2.75) is 51.4 Å². The van der Waals surface area contributed by atoms with Gasteiger partial charge in [-0.1, -0.05) is 29.8 Å². The number of carbonyl (C=O) groups is 1. The van der Waals surface area contributed by atoms with Crippen LogP contribution in [0.25, 0.3) is 10.8 Å². The Morgan fingerprint density at radius 2 is 1.82 bits per heavy atom. The lowest BCUT2D eigenvalue weighted by Gasteiger charge is -2.31. The number of halogens is 4. The molecule has 45 heavy (non-hydrogen) atoms. The Labute approximate surface area is 260 Å². The Kier molecular flexibility index (Phi) is 8.63. The summed E-state index contributed by atoms with van der Waals surface area (Å²) >= 11 is 0. The summed E-state index contributed by atoms with van der Waals surface area (Å²) in [5, 5.41) is 6.80. The van der Waals surface area contributed by atoms with E-state index in [0.717, 1.165) is 77.9 Å². The molecule has 6 nitrogen and oxygen atoms in total. The van der Waals surface area contributed by atoms with Gasteiger partial charge in [0, 0.05) is 55.0 Å². The van der Waals surface area contributed by atoms with Crippen molar-refractivity contribution >= 4 is 16.6 Å². The highest BCUT2D eigenvalue weighted by molar-refractivity contribution is 5.99. The number of benzene rings is 2. The molecule has 0 aliphatic carbocycles. The van der Waals surface area contributed by atoms with Gasteiger partial charge in [-0.3, -0.25) is 14.5 Å². The second-order valence-electron chi connectivity index (χ2n) is 12.7. The fourth-order valence-electron chi connectivity index (χ4n) is 6.82. The van der Waals surface area contributed by atoms with Crippen LogP contribution in [0.4, 0.5) is 17.6 Å². The Bertz CT molecular complexity index is 1750. The van der Waals surface area contributed by atoms with Crippen LogP contribution in [0.15, 0.2) is 72.1 Å². The zero-order valence-corrected chi connectivity index (χ0v) is 25.7. The molecule has 2 aliphatic rings. The summed E-state index contributed by atoms with van der Waals surface area (Å²) in [5.74, 6) is -0.941. The molecule has 1 saturated heterocycles. The molecule has 0 bridgehead atoms. The molecule has 0 spiro atoms. The number of nitrogens with zero attached hydrogens (tertiary/aromatic N) is 5. The molecule has 1 fully saturated rings. The molecule has 10 heteroatoms. The highest BCUT2D eigenvalue weighted by Gasteiger charge is 2.37. The Morgan fingerprint density at radius 3 is 2.56 bits per heavy atom. The average Bonchev–Trinajstić information content (AvgIpc) is 3.38. The standard InChI is InChI=1S/C35H37F4N5O/c1-22-14-29-18-28(21-43(3)20-23-9-12-42(2)13-10-23)41-44(29)34(26-6-7-30(31(36)17-26)35(37,38)39)33(22)32(45)16-24-4-5-27-19-40-11-8-25(27)15-24/h4-8,11,15,17-19,23,34H,9-10,12-14,16,20-21H2,1-3H3. The molecule has 4 aromatic rings. The van der Waals surface area contributed by atoms with E-state index in [1.165, 1.54) is 6.07 Å². The molecule has 0 saturated carbocycles. The number of likely N-dealkylation sites (tertiary alicyclic amines) is 1. The van der Waals surface area contributed by atoms with Crippen molar-refractivity contribution in [3.63, 3.8) is 0 Å². The summed E-state index contributed by atoms with van der Waals surface area (Å²) in [6, 6.07) is 11.7. The minimum atomic E-state index is -4.83. The maximum atomic E-state index is 15.0. The number of fused-ring (bicyclic) bond motifs is 2. The van der Waals surface area contributed by atoms with Crippen molar-refractivity contribution in [1.29, 1.82) is 0 Å². The topological polar surface area (TPSA) is 54.3 Å². The van der Waals surface area contributed by atoms with Gasteiger partial charge < -0.3 is 9.80 Å². The van der Waals surface area contributed by atoms with Gasteiger partial charge in [0.25, 0.3) is 0 Å². The van der Waals surface area contributed by atoms with E-state index in [9.17, 15) is 22.4 Å². The Balaban J connectivity index is 1.32. The lowest BCUT2D eigenvalue weighted by atomic mass is 9.85. The fraction of sp³-hybridized carbons (Fsp3) is 0.400. The Hall–Kier alpha value is -3.89. The fourth-order valence-corrected chi connectivity index (χ4v) is 6.82. The van der Waals surface area contributed by atoms with Crippen LogP contribution in [-0.4, -0.2) is 64.1 Å². The third kappa shape index (κ3) is 6.72. The zero-order chi connectivity index (χ0) is 31.9. The third-order valence-corrected chi connectivity index (χ3v) is 9.11. The Morgan fingerprint density at radius 1 is 1.04 bits per heavy atom. The largest absolute Gasteiger partial charge is 0.419 e. The van der Waals surface area contributed by atoms with Gasteiger partial charge in [0.15, 0.2) is 5.78 Å². The van der Waals surface area contributed by atoms with Gasteiger partial charge in [-0.2, -0.15) is 18.3 Å². The summed E-state index contributed by atoms with van der Waals surface area (Å²) in [7, 11) is 4.21. The van der Waals surface area contributed by atoms with E-state index in [2.05, 4.69) is 28.9 Å². The number of Topliss-reactive ketones (excluding diaryl/α,β-unsaturated/α-hetero) is 1. The van der Waals surface area contributed by atoms with E-state index in [0.29, 0.717) is 24.5 Å². The van der Waals surface area contributed by atoms with E-state index in [1.807, 2.05) is 37.3 Å². The first kappa shape index (κ1) is 31.1. The maximum absolute atomic E-state index is 15.0.